The first-order valence-corrected chi connectivity index (χ1v) is 18.1. The van der Waals surface area contributed by atoms with Gasteiger partial charge in [-0.25, -0.2) is 0 Å². The van der Waals surface area contributed by atoms with Crippen LogP contribution in [0.1, 0.15) is 68.2 Å². The number of amides is 3. The van der Waals surface area contributed by atoms with Crippen LogP contribution in [0.2, 0.25) is 0 Å². The van der Waals surface area contributed by atoms with Crippen LogP contribution in [0.5, 0.6) is 23.0 Å². The molecule has 1 aliphatic carbocycles. The van der Waals surface area contributed by atoms with Gasteiger partial charge in [0.1, 0.15) is 11.5 Å². The zero-order valence-corrected chi connectivity index (χ0v) is 31.0. The van der Waals surface area contributed by atoms with Crippen molar-refractivity contribution in [2.75, 3.05) is 48.1 Å². The first-order chi connectivity index (χ1) is 25.7. The van der Waals surface area contributed by atoms with Crippen molar-refractivity contribution >= 4 is 28.7 Å². The molecule has 3 amide bonds. The van der Waals surface area contributed by atoms with Crippen molar-refractivity contribution in [3.05, 3.63) is 69.4 Å². The Morgan fingerprint density at radius 3 is 2.38 bits per heavy atom. The molecule has 0 spiro atoms. The second-order valence-electron chi connectivity index (χ2n) is 13.4. The molecule has 0 unspecified atom stereocenters. The molecule has 3 aromatic carbocycles. The molecule has 1 atom stereocenters. The number of fused-ring (bicyclic) bond motifs is 4. The number of nitrogens with one attached hydrogen (secondary N) is 2. The first kappa shape index (κ1) is 37.2. The van der Waals surface area contributed by atoms with Crippen LogP contribution < -0.4 is 35.0 Å². The average Bonchev–Trinajstić information content (AvgIpc) is 3.23. The molecule has 1 aliphatic heterocycles. The second kappa shape index (κ2) is 16.4. The van der Waals surface area contributed by atoms with E-state index in [-0.39, 0.29) is 29.7 Å². The number of nitrogens with zero attached hydrogens (tertiary/aromatic N) is 1. The molecule has 2 aliphatic rings. The number of furan rings is 1. The number of carbonyl (C=O) groups excluding carboxylic acids is 3. The second-order valence-corrected chi connectivity index (χ2v) is 13.4. The van der Waals surface area contributed by atoms with Gasteiger partial charge in [0.2, 0.25) is 28.9 Å². The van der Waals surface area contributed by atoms with Crippen molar-refractivity contribution in [3.63, 3.8) is 0 Å². The number of rotatable bonds is 12. The quantitative estimate of drug-likeness (QED) is 0.175. The van der Waals surface area contributed by atoms with Crippen molar-refractivity contribution in [1.29, 1.82) is 0 Å². The van der Waals surface area contributed by atoms with Gasteiger partial charge in [-0.3, -0.25) is 19.2 Å². The Hall–Kier alpha value is -5.52. The van der Waals surface area contributed by atoms with E-state index in [4.69, 9.17) is 23.4 Å². The fourth-order valence-electron chi connectivity index (χ4n) is 7.53. The normalized spacial score (nSPS) is 15.5. The van der Waals surface area contributed by atoms with Gasteiger partial charge in [0.15, 0.2) is 17.1 Å². The minimum absolute atomic E-state index is 0.0777. The predicted octanol–water partition coefficient (Wildman–Crippen LogP) is 5.74. The van der Waals surface area contributed by atoms with Gasteiger partial charge >= 0.3 is 0 Å². The summed E-state index contributed by atoms with van der Waals surface area (Å²) in [5.74, 6) is 1.99. The SMILES string of the molecule is COc1ccc(-c2oc3c(=O)cc4c(cc3c2CC(=O)NCCCN2CCCCCC2=O)-c2c(cc(OC)c(OC)c2OC)CC[C@@H]4NC(C)=O)cc1. The molecule has 1 saturated heterocycles. The number of benzene rings is 2. The lowest BCUT2D eigenvalue weighted by Gasteiger charge is -2.20. The minimum Gasteiger partial charge on any atom is -0.497 e. The molecular formula is C41H47N3O9. The maximum Gasteiger partial charge on any atom is 0.224 e. The number of methoxy groups -OCH3 is 4. The number of hydrogen-bond acceptors (Lipinski definition) is 9. The first-order valence-electron chi connectivity index (χ1n) is 18.1. The highest BCUT2D eigenvalue weighted by atomic mass is 16.5. The number of aryl methyl sites for hydroxylation is 1. The van der Waals surface area contributed by atoms with Gasteiger partial charge in [0, 0.05) is 55.1 Å². The van der Waals surface area contributed by atoms with E-state index in [1.165, 1.54) is 20.1 Å². The van der Waals surface area contributed by atoms with Crippen LogP contribution in [0.25, 0.3) is 33.4 Å². The van der Waals surface area contributed by atoms with E-state index >= 15 is 0 Å². The maximum atomic E-state index is 14.2. The summed E-state index contributed by atoms with van der Waals surface area (Å²) in [4.78, 5) is 54.8. The molecular weight excluding hydrogens is 678 g/mol. The number of likely N-dealkylation sites (tertiary alicyclic amines) is 1. The van der Waals surface area contributed by atoms with Crippen LogP contribution in [-0.2, 0) is 27.2 Å². The number of hydrogen-bond donors (Lipinski definition) is 2. The van der Waals surface area contributed by atoms with Crippen molar-refractivity contribution in [2.24, 2.45) is 0 Å². The van der Waals surface area contributed by atoms with Crippen LogP contribution in [0.3, 0.4) is 0 Å². The lowest BCUT2D eigenvalue weighted by Crippen LogP contribution is -2.34. The Balaban J connectivity index is 1.49. The predicted molar refractivity (Wildman–Crippen MR) is 201 cm³/mol. The summed E-state index contributed by atoms with van der Waals surface area (Å²) in [6.45, 7) is 3.16. The Bertz CT molecular complexity index is 2070. The van der Waals surface area contributed by atoms with Gasteiger partial charge in [-0.1, -0.05) is 6.42 Å². The molecule has 1 aromatic heterocycles. The highest BCUT2D eigenvalue weighted by molar-refractivity contribution is 5.96. The topological polar surface area (TPSA) is 146 Å². The van der Waals surface area contributed by atoms with Crippen LogP contribution in [0.4, 0.5) is 0 Å². The lowest BCUT2D eigenvalue weighted by molar-refractivity contribution is -0.130. The van der Waals surface area contributed by atoms with Gasteiger partial charge in [0.25, 0.3) is 0 Å². The summed E-state index contributed by atoms with van der Waals surface area (Å²) in [5.41, 5.74) is 3.66. The van der Waals surface area contributed by atoms with E-state index < -0.39 is 11.5 Å². The summed E-state index contributed by atoms with van der Waals surface area (Å²) in [6, 6.07) is 12.0. The molecule has 1 fully saturated rings. The molecule has 53 heavy (non-hydrogen) atoms. The van der Waals surface area contributed by atoms with Gasteiger partial charge < -0.3 is 38.9 Å². The van der Waals surface area contributed by atoms with Gasteiger partial charge in [-0.05, 0) is 91.3 Å². The fraction of sp³-hybridized carbons (Fsp3) is 0.415. The van der Waals surface area contributed by atoms with Crippen molar-refractivity contribution < 1.29 is 37.7 Å². The van der Waals surface area contributed by atoms with E-state index in [1.807, 2.05) is 29.2 Å². The highest BCUT2D eigenvalue weighted by Crippen LogP contribution is 2.51. The number of ether oxygens (including phenoxy) is 4. The van der Waals surface area contributed by atoms with Gasteiger partial charge in [0.05, 0.1) is 40.9 Å². The average molecular weight is 726 g/mol. The molecule has 2 N–H and O–H groups in total. The van der Waals surface area contributed by atoms with Crippen molar-refractivity contribution in [3.8, 4) is 45.4 Å². The molecule has 12 nitrogen and oxygen atoms in total. The third kappa shape index (κ3) is 7.81. The smallest absolute Gasteiger partial charge is 0.224 e. The van der Waals surface area contributed by atoms with Crippen LogP contribution >= 0.6 is 0 Å². The molecule has 0 bridgehead atoms. The molecule has 0 radical (unpaired) electrons. The molecule has 2 heterocycles. The highest BCUT2D eigenvalue weighted by Gasteiger charge is 2.31. The van der Waals surface area contributed by atoms with Gasteiger partial charge in [-0.15, -0.1) is 0 Å². The summed E-state index contributed by atoms with van der Waals surface area (Å²) in [5, 5.41) is 6.52. The third-order valence-corrected chi connectivity index (χ3v) is 10.1. The molecule has 6 rings (SSSR count). The van der Waals surface area contributed by atoms with E-state index in [9.17, 15) is 19.2 Å². The van der Waals surface area contributed by atoms with Crippen LogP contribution in [0, 0.1) is 0 Å². The Morgan fingerprint density at radius 2 is 1.68 bits per heavy atom. The summed E-state index contributed by atoms with van der Waals surface area (Å²) >= 11 is 0. The third-order valence-electron chi connectivity index (χ3n) is 10.1. The Kier molecular flexibility index (Phi) is 11.6. The standard InChI is InChI=1S/C41H47N3O9/c1-24(45)43-32-16-13-26-20-34(50-3)40(51-4)41(52-5)37(26)29-21-30-31(23-35(47)42-17-9-19-44-18-8-6-7-10-36(44)48)38(25-11-14-27(49-2)15-12-25)53-39(30)33(46)22-28(29)32/h11-12,14-15,20-22,32H,6-10,13,16-19,23H2,1-5H3,(H,42,47)(H,43,45)/t32-/m0/s1. The molecule has 280 valence electrons. The molecule has 0 saturated carbocycles. The van der Waals surface area contributed by atoms with Gasteiger partial charge in [-0.2, -0.15) is 0 Å². The lowest BCUT2D eigenvalue weighted by atomic mass is 9.94. The Morgan fingerprint density at radius 1 is 0.906 bits per heavy atom. The molecule has 4 aromatic rings. The number of carbonyl (C=O) groups is 3. The summed E-state index contributed by atoms with van der Waals surface area (Å²) in [7, 11) is 6.21. The maximum absolute atomic E-state index is 14.2. The zero-order valence-electron chi connectivity index (χ0n) is 31.0. The molecule has 12 heteroatoms. The van der Waals surface area contributed by atoms with E-state index in [0.29, 0.717) is 101 Å². The Labute approximate surface area is 308 Å². The van der Waals surface area contributed by atoms with Crippen molar-refractivity contribution in [1.82, 2.24) is 15.5 Å². The summed E-state index contributed by atoms with van der Waals surface area (Å²) < 4.78 is 29.2. The summed E-state index contributed by atoms with van der Waals surface area (Å²) in [6.07, 6.45) is 5.10. The van der Waals surface area contributed by atoms with E-state index in [2.05, 4.69) is 10.6 Å². The van der Waals surface area contributed by atoms with E-state index in [0.717, 1.165) is 31.4 Å². The van der Waals surface area contributed by atoms with Crippen molar-refractivity contribution in [2.45, 2.75) is 64.3 Å². The van der Waals surface area contributed by atoms with E-state index in [1.54, 1.807) is 33.5 Å². The van der Waals surface area contributed by atoms with Crippen LogP contribution in [0.15, 0.2) is 51.7 Å². The van der Waals surface area contributed by atoms with Crippen LogP contribution in [-0.4, -0.2) is 70.7 Å². The largest absolute Gasteiger partial charge is 0.497 e. The zero-order chi connectivity index (χ0) is 37.6. The monoisotopic (exact) mass is 725 g/mol. The fourth-order valence-corrected chi connectivity index (χ4v) is 7.53. The minimum atomic E-state index is -0.510.